The number of hydrogen-bond donors (Lipinski definition) is 1. The number of carbonyl (C=O) groups is 1. The van der Waals surface area contributed by atoms with E-state index in [1.807, 2.05) is 35.2 Å². The zero-order valence-corrected chi connectivity index (χ0v) is 14.0. The molecule has 2 N–H and O–H groups in total. The number of halogens is 1. The molecule has 1 fully saturated rings. The van der Waals surface area contributed by atoms with E-state index in [1.165, 1.54) is 4.88 Å². The van der Waals surface area contributed by atoms with Gasteiger partial charge in [-0.1, -0.05) is 36.4 Å². The van der Waals surface area contributed by atoms with Crippen LogP contribution in [0.4, 0.5) is 0 Å². The molecule has 1 saturated heterocycles. The summed E-state index contributed by atoms with van der Waals surface area (Å²) in [6, 6.07) is 14.1. The van der Waals surface area contributed by atoms with Crippen LogP contribution in [0.3, 0.4) is 0 Å². The van der Waals surface area contributed by atoms with Crippen LogP contribution in [-0.4, -0.2) is 17.4 Å². The average molecular weight is 337 g/mol. The highest BCUT2D eigenvalue weighted by Crippen LogP contribution is 2.35. The fourth-order valence-electron chi connectivity index (χ4n) is 2.97. The van der Waals surface area contributed by atoms with Crippen LogP contribution in [0.15, 0.2) is 47.8 Å². The first-order valence-corrected chi connectivity index (χ1v) is 8.27. The first-order chi connectivity index (χ1) is 10.3. The molecule has 2 unspecified atom stereocenters. The molecule has 2 atom stereocenters. The van der Waals surface area contributed by atoms with E-state index in [0.29, 0.717) is 6.42 Å². The predicted molar refractivity (Wildman–Crippen MR) is 93.2 cm³/mol. The average Bonchev–Trinajstić information content (AvgIpc) is 3.18. The van der Waals surface area contributed by atoms with Gasteiger partial charge >= 0.3 is 0 Å². The Morgan fingerprint density at radius 3 is 2.73 bits per heavy atom. The first kappa shape index (κ1) is 17.0. The van der Waals surface area contributed by atoms with E-state index in [9.17, 15) is 4.79 Å². The quantitative estimate of drug-likeness (QED) is 0.919. The predicted octanol–water partition coefficient (Wildman–Crippen LogP) is 3.92. The van der Waals surface area contributed by atoms with Crippen molar-refractivity contribution < 1.29 is 4.79 Å². The van der Waals surface area contributed by atoms with Crippen LogP contribution in [0.25, 0.3) is 0 Å². The van der Waals surface area contributed by atoms with E-state index < -0.39 is 0 Å². The van der Waals surface area contributed by atoms with E-state index in [2.05, 4.69) is 17.5 Å². The molecule has 1 aromatic heterocycles. The number of nitrogens with zero attached hydrogens (tertiary/aromatic N) is 1. The van der Waals surface area contributed by atoms with Crippen molar-refractivity contribution >= 4 is 29.7 Å². The number of hydrogen-bond acceptors (Lipinski definition) is 3. The molecule has 3 rings (SSSR count). The first-order valence-electron chi connectivity index (χ1n) is 7.39. The molecule has 0 spiro atoms. The Morgan fingerprint density at radius 2 is 2.05 bits per heavy atom. The highest BCUT2D eigenvalue weighted by Gasteiger charge is 2.31. The monoisotopic (exact) mass is 336 g/mol. The third-order valence-electron chi connectivity index (χ3n) is 4.07. The van der Waals surface area contributed by atoms with Gasteiger partial charge in [-0.15, -0.1) is 23.7 Å². The van der Waals surface area contributed by atoms with E-state index in [4.69, 9.17) is 5.73 Å². The number of amides is 1. The van der Waals surface area contributed by atoms with Crippen LogP contribution in [0.2, 0.25) is 0 Å². The van der Waals surface area contributed by atoms with Crippen molar-refractivity contribution in [2.45, 2.75) is 31.3 Å². The zero-order valence-electron chi connectivity index (χ0n) is 12.4. The molecule has 1 aromatic carbocycles. The van der Waals surface area contributed by atoms with Gasteiger partial charge in [0.2, 0.25) is 5.91 Å². The molecule has 1 aliphatic heterocycles. The standard InChI is InChI=1S/C17H20N2OS.ClH/c18-14(13-6-2-1-3-7-13)12-17(20)19-10-4-8-15(19)16-9-5-11-21-16;/h1-3,5-7,9,11,14-15H,4,8,10,12,18H2;1H. The van der Waals surface area contributed by atoms with Crippen LogP contribution in [0.5, 0.6) is 0 Å². The van der Waals surface area contributed by atoms with Crippen molar-refractivity contribution in [1.82, 2.24) is 4.90 Å². The minimum Gasteiger partial charge on any atom is -0.335 e. The fourth-order valence-corrected chi connectivity index (χ4v) is 3.84. The van der Waals surface area contributed by atoms with E-state index in [1.54, 1.807) is 11.3 Å². The molecular formula is C17H21ClN2OS. The van der Waals surface area contributed by atoms with Gasteiger partial charge < -0.3 is 10.6 Å². The van der Waals surface area contributed by atoms with Crippen LogP contribution < -0.4 is 5.73 Å². The van der Waals surface area contributed by atoms with Crippen molar-refractivity contribution in [2.75, 3.05) is 6.54 Å². The molecule has 22 heavy (non-hydrogen) atoms. The molecule has 5 heteroatoms. The Kier molecular flexibility index (Phi) is 6.00. The van der Waals surface area contributed by atoms with Gasteiger partial charge in [0.05, 0.1) is 6.04 Å². The summed E-state index contributed by atoms with van der Waals surface area (Å²) in [6.07, 6.45) is 2.52. The lowest BCUT2D eigenvalue weighted by Crippen LogP contribution is -2.32. The van der Waals surface area contributed by atoms with E-state index in [-0.39, 0.29) is 30.4 Å². The minimum absolute atomic E-state index is 0. The molecule has 2 heterocycles. The lowest BCUT2D eigenvalue weighted by Gasteiger charge is -2.25. The molecule has 1 amide bonds. The molecule has 0 aliphatic carbocycles. The highest BCUT2D eigenvalue weighted by molar-refractivity contribution is 7.10. The maximum absolute atomic E-state index is 12.6. The summed E-state index contributed by atoms with van der Waals surface area (Å²) in [5.41, 5.74) is 7.21. The molecule has 1 aliphatic rings. The lowest BCUT2D eigenvalue weighted by molar-refractivity contribution is -0.132. The second kappa shape index (κ2) is 7.77. The van der Waals surface area contributed by atoms with Crippen LogP contribution >= 0.6 is 23.7 Å². The summed E-state index contributed by atoms with van der Waals surface area (Å²) in [4.78, 5) is 15.9. The van der Waals surface area contributed by atoms with Crippen molar-refractivity contribution in [3.63, 3.8) is 0 Å². The zero-order chi connectivity index (χ0) is 14.7. The van der Waals surface area contributed by atoms with Gasteiger partial charge in [0.1, 0.15) is 0 Å². The van der Waals surface area contributed by atoms with Crippen molar-refractivity contribution in [1.29, 1.82) is 0 Å². The summed E-state index contributed by atoms with van der Waals surface area (Å²) in [6.45, 7) is 0.850. The maximum Gasteiger partial charge on any atom is 0.225 e. The Hall–Kier alpha value is -1.36. The van der Waals surface area contributed by atoms with Gasteiger partial charge in [0.15, 0.2) is 0 Å². The fraction of sp³-hybridized carbons (Fsp3) is 0.353. The van der Waals surface area contributed by atoms with Gasteiger partial charge in [-0.05, 0) is 29.9 Å². The molecule has 0 radical (unpaired) electrons. The third-order valence-corrected chi connectivity index (χ3v) is 5.04. The molecule has 3 nitrogen and oxygen atoms in total. The molecule has 0 bridgehead atoms. The molecular weight excluding hydrogens is 316 g/mol. The number of rotatable bonds is 4. The maximum atomic E-state index is 12.6. The number of thiophene rings is 1. The number of benzene rings is 1. The summed E-state index contributed by atoms with van der Waals surface area (Å²) >= 11 is 1.73. The van der Waals surface area contributed by atoms with Gasteiger partial charge in [-0.2, -0.15) is 0 Å². The number of likely N-dealkylation sites (tertiary alicyclic amines) is 1. The van der Waals surface area contributed by atoms with Gasteiger partial charge in [0.25, 0.3) is 0 Å². The second-order valence-electron chi connectivity index (χ2n) is 5.48. The summed E-state index contributed by atoms with van der Waals surface area (Å²) in [7, 11) is 0. The lowest BCUT2D eigenvalue weighted by atomic mass is 10.0. The van der Waals surface area contributed by atoms with Gasteiger partial charge in [-0.3, -0.25) is 4.79 Å². The minimum atomic E-state index is -0.219. The Morgan fingerprint density at radius 1 is 1.27 bits per heavy atom. The SMILES string of the molecule is Cl.NC(CC(=O)N1CCCC1c1cccs1)c1ccccc1. The molecule has 2 aromatic rings. The summed E-state index contributed by atoms with van der Waals surface area (Å²) in [5.74, 6) is 0.169. The van der Waals surface area contributed by atoms with Crippen molar-refractivity contribution in [2.24, 2.45) is 5.73 Å². The van der Waals surface area contributed by atoms with Crippen LogP contribution in [-0.2, 0) is 4.79 Å². The number of carbonyl (C=O) groups excluding carboxylic acids is 1. The Balaban J connectivity index is 0.00000176. The Bertz CT molecular complexity index is 588. The third kappa shape index (κ3) is 3.69. The smallest absolute Gasteiger partial charge is 0.225 e. The highest BCUT2D eigenvalue weighted by atomic mass is 35.5. The normalized spacial score (nSPS) is 18.8. The van der Waals surface area contributed by atoms with Crippen molar-refractivity contribution in [3.8, 4) is 0 Å². The van der Waals surface area contributed by atoms with Gasteiger partial charge in [0, 0.05) is 23.9 Å². The second-order valence-corrected chi connectivity index (χ2v) is 6.46. The largest absolute Gasteiger partial charge is 0.335 e. The molecule has 0 saturated carbocycles. The van der Waals surface area contributed by atoms with Crippen LogP contribution in [0, 0.1) is 0 Å². The molecule has 118 valence electrons. The van der Waals surface area contributed by atoms with Crippen LogP contribution in [0.1, 0.15) is 41.8 Å². The topological polar surface area (TPSA) is 46.3 Å². The van der Waals surface area contributed by atoms with E-state index in [0.717, 1.165) is 24.9 Å². The van der Waals surface area contributed by atoms with E-state index >= 15 is 0 Å². The number of nitrogens with two attached hydrogens (primary N) is 1. The summed E-state index contributed by atoms with van der Waals surface area (Å²) < 4.78 is 0. The Labute approximate surface area is 141 Å². The van der Waals surface area contributed by atoms with Crippen molar-refractivity contribution in [3.05, 3.63) is 58.3 Å². The summed E-state index contributed by atoms with van der Waals surface area (Å²) in [5, 5.41) is 2.08. The van der Waals surface area contributed by atoms with Gasteiger partial charge in [-0.25, -0.2) is 0 Å².